The van der Waals surface area contributed by atoms with E-state index < -0.39 is 12.1 Å². The zero-order chi connectivity index (χ0) is 39.3. The largest absolute Gasteiger partial charge is 0.394 e. The second-order valence-electron chi connectivity index (χ2n) is 16.5. The third-order valence-corrected chi connectivity index (χ3v) is 11.1. The Kier molecular flexibility index (Phi) is 44.8. The van der Waals surface area contributed by atoms with Gasteiger partial charge in [-0.2, -0.15) is 0 Å². The van der Waals surface area contributed by atoms with Crippen molar-refractivity contribution in [1.82, 2.24) is 5.32 Å². The second kappa shape index (κ2) is 46.0. The Balaban J connectivity index is 3.55. The zero-order valence-corrected chi connectivity index (χ0v) is 36.5. The van der Waals surface area contributed by atoms with Gasteiger partial charge in [0.25, 0.3) is 0 Å². The summed E-state index contributed by atoms with van der Waals surface area (Å²) in [5, 5.41) is 23.1. The summed E-state index contributed by atoms with van der Waals surface area (Å²) in [6.45, 7) is 4.31. The molecule has 0 aliphatic carbocycles. The molecular weight excluding hydrogens is 663 g/mol. The Morgan fingerprint density at radius 1 is 0.444 bits per heavy atom. The number of hydrogen-bond donors (Lipinski definition) is 3. The van der Waals surface area contributed by atoms with E-state index in [0.717, 1.165) is 32.1 Å². The van der Waals surface area contributed by atoms with Crippen LogP contribution in [0.5, 0.6) is 0 Å². The fourth-order valence-electron chi connectivity index (χ4n) is 7.39. The van der Waals surface area contributed by atoms with Crippen LogP contribution < -0.4 is 5.32 Å². The summed E-state index contributed by atoms with van der Waals surface area (Å²) >= 11 is 0. The van der Waals surface area contributed by atoms with E-state index in [1.165, 1.54) is 205 Å². The summed E-state index contributed by atoms with van der Waals surface area (Å²) in [6, 6.07) is -0.624. The molecule has 0 aromatic rings. The average Bonchev–Trinajstić information content (AvgIpc) is 3.18. The molecule has 0 rings (SSSR count). The van der Waals surface area contributed by atoms with Gasteiger partial charge in [-0.3, -0.25) is 4.79 Å². The Morgan fingerprint density at radius 3 is 1.11 bits per heavy atom. The highest BCUT2D eigenvalue weighted by Crippen LogP contribution is 2.16. The maximum Gasteiger partial charge on any atom is 0.220 e. The molecule has 0 fully saturated rings. The number of amides is 1. The summed E-state index contributed by atoms with van der Waals surface area (Å²) in [5.74, 6) is -0.0665. The molecule has 318 valence electrons. The highest BCUT2D eigenvalue weighted by Gasteiger charge is 2.18. The minimum Gasteiger partial charge on any atom is -0.394 e. The summed E-state index contributed by atoms with van der Waals surface area (Å²) in [5.41, 5.74) is 0. The van der Waals surface area contributed by atoms with Crippen molar-refractivity contribution in [3.8, 4) is 0 Å². The molecule has 0 spiro atoms. The van der Waals surface area contributed by atoms with Crippen LogP contribution in [0.3, 0.4) is 0 Å². The van der Waals surface area contributed by atoms with Gasteiger partial charge in [0.1, 0.15) is 0 Å². The third-order valence-electron chi connectivity index (χ3n) is 11.1. The van der Waals surface area contributed by atoms with Crippen molar-refractivity contribution in [3.63, 3.8) is 0 Å². The molecule has 0 bridgehead atoms. The van der Waals surface area contributed by atoms with Crippen molar-refractivity contribution < 1.29 is 15.0 Å². The second-order valence-corrected chi connectivity index (χ2v) is 16.5. The predicted octanol–water partition coefficient (Wildman–Crippen LogP) is 15.4. The van der Waals surface area contributed by atoms with Crippen LogP contribution in [0.1, 0.15) is 258 Å². The van der Waals surface area contributed by atoms with Crippen LogP contribution >= 0.6 is 0 Å². The molecule has 4 heteroatoms. The molecule has 54 heavy (non-hydrogen) atoms. The minimum absolute atomic E-state index is 0.0665. The Bertz CT molecular complexity index is 821. The van der Waals surface area contributed by atoms with Gasteiger partial charge in [-0.1, -0.05) is 237 Å². The molecule has 0 saturated carbocycles. The van der Waals surface area contributed by atoms with Crippen LogP contribution in [0.15, 0.2) is 36.5 Å². The number of aliphatic hydroxyl groups excluding tert-OH is 2. The lowest BCUT2D eigenvalue weighted by molar-refractivity contribution is -0.123. The number of rotatable bonds is 44. The van der Waals surface area contributed by atoms with Crippen molar-refractivity contribution >= 4 is 5.91 Å². The minimum atomic E-state index is -0.841. The fraction of sp³-hybridized carbons (Fsp3) is 0.860. The third kappa shape index (κ3) is 41.8. The molecule has 0 radical (unpaired) electrons. The Hall–Kier alpha value is -1.39. The first-order valence-corrected chi connectivity index (χ1v) is 24.2. The van der Waals surface area contributed by atoms with Crippen LogP contribution in [0.4, 0.5) is 0 Å². The van der Waals surface area contributed by atoms with E-state index in [2.05, 4.69) is 43.5 Å². The Labute approximate surface area is 338 Å². The number of aliphatic hydroxyl groups is 2. The van der Waals surface area contributed by atoms with Gasteiger partial charge < -0.3 is 15.5 Å². The molecule has 0 aromatic carbocycles. The topological polar surface area (TPSA) is 69.6 Å². The molecule has 0 aliphatic rings. The van der Waals surface area contributed by atoms with Gasteiger partial charge in [0.05, 0.1) is 18.8 Å². The summed E-state index contributed by atoms with van der Waals surface area (Å²) in [6.07, 6.45) is 61.2. The SMILES string of the molecule is CCCCCCC/C=C\C/C=C\CCCCCCCCCCCC(=O)NC(CO)C(O)/C=C/CCCCCCCCCCCCCCCCCCCCC. The van der Waals surface area contributed by atoms with Gasteiger partial charge in [-0.25, -0.2) is 0 Å². The van der Waals surface area contributed by atoms with Crippen LogP contribution in [0, 0.1) is 0 Å². The molecule has 2 atom stereocenters. The van der Waals surface area contributed by atoms with Crippen LogP contribution in [0.25, 0.3) is 0 Å². The lowest BCUT2D eigenvalue weighted by atomic mass is 10.0. The van der Waals surface area contributed by atoms with Gasteiger partial charge >= 0.3 is 0 Å². The molecule has 1 amide bonds. The van der Waals surface area contributed by atoms with Gasteiger partial charge in [-0.05, 0) is 51.4 Å². The number of hydrogen-bond acceptors (Lipinski definition) is 3. The van der Waals surface area contributed by atoms with Crippen LogP contribution in [0.2, 0.25) is 0 Å². The zero-order valence-electron chi connectivity index (χ0n) is 36.5. The summed E-state index contributed by atoms with van der Waals surface area (Å²) < 4.78 is 0. The van der Waals surface area contributed by atoms with Crippen LogP contribution in [-0.2, 0) is 4.79 Å². The van der Waals surface area contributed by atoms with Crippen molar-refractivity contribution in [1.29, 1.82) is 0 Å². The first kappa shape index (κ1) is 52.6. The number of nitrogens with one attached hydrogen (secondary N) is 1. The first-order chi connectivity index (χ1) is 26.7. The lowest BCUT2D eigenvalue weighted by Gasteiger charge is -2.20. The highest BCUT2D eigenvalue weighted by molar-refractivity contribution is 5.76. The van der Waals surface area contributed by atoms with E-state index in [0.29, 0.717) is 6.42 Å². The average molecular weight is 758 g/mol. The maximum absolute atomic E-state index is 12.4. The van der Waals surface area contributed by atoms with Crippen molar-refractivity contribution in [2.24, 2.45) is 0 Å². The molecule has 4 nitrogen and oxygen atoms in total. The van der Waals surface area contributed by atoms with E-state index >= 15 is 0 Å². The first-order valence-electron chi connectivity index (χ1n) is 24.2. The molecule has 0 heterocycles. The van der Waals surface area contributed by atoms with E-state index in [-0.39, 0.29) is 12.5 Å². The highest BCUT2D eigenvalue weighted by atomic mass is 16.3. The Morgan fingerprint density at radius 2 is 0.759 bits per heavy atom. The van der Waals surface area contributed by atoms with Crippen LogP contribution in [-0.4, -0.2) is 34.9 Å². The summed E-state index contributed by atoms with van der Waals surface area (Å²) in [7, 11) is 0. The standard InChI is InChI=1S/C50H95NO3/c1-3-5-7-9-11-13-15-17-19-21-23-25-27-29-31-33-35-37-39-41-43-45-49(53)48(47-52)51-50(54)46-44-42-40-38-36-34-32-30-28-26-24-22-20-18-16-14-12-10-8-6-4-2/h16,18,22,24,43,45,48-49,52-53H,3-15,17,19-21,23,25-42,44,46-47H2,1-2H3,(H,51,54)/b18-16-,24-22-,45-43+. The molecule has 0 aromatic heterocycles. The number of allylic oxidation sites excluding steroid dienone is 5. The van der Waals surface area contributed by atoms with E-state index in [1.807, 2.05) is 6.08 Å². The molecular formula is C50H95NO3. The quantitative estimate of drug-likeness (QED) is 0.0428. The maximum atomic E-state index is 12.4. The van der Waals surface area contributed by atoms with Gasteiger partial charge in [0.2, 0.25) is 5.91 Å². The number of carbonyl (C=O) groups is 1. The molecule has 3 N–H and O–H groups in total. The molecule has 0 aliphatic heterocycles. The predicted molar refractivity (Wildman–Crippen MR) is 239 cm³/mol. The molecule has 2 unspecified atom stereocenters. The van der Waals surface area contributed by atoms with E-state index in [1.54, 1.807) is 6.08 Å². The van der Waals surface area contributed by atoms with Gasteiger partial charge in [0, 0.05) is 6.42 Å². The lowest BCUT2D eigenvalue weighted by Crippen LogP contribution is -2.45. The summed E-state index contributed by atoms with van der Waals surface area (Å²) in [4.78, 5) is 12.4. The van der Waals surface area contributed by atoms with Crippen molar-refractivity contribution in [3.05, 3.63) is 36.5 Å². The number of carbonyl (C=O) groups excluding carboxylic acids is 1. The smallest absolute Gasteiger partial charge is 0.220 e. The normalized spacial score (nSPS) is 13.2. The monoisotopic (exact) mass is 758 g/mol. The van der Waals surface area contributed by atoms with Crippen molar-refractivity contribution in [2.75, 3.05) is 6.61 Å². The van der Waals surface area contributed by atoms with E-state index in [9.17, 15) is 15.0 Å². The molecule has 0 saturated heterocycles. The fourth-order valence-corrected chi connectivity index (χ4v) is 7.39. The van der Waals surface area contributed by atoms with Crippen molar-refractivity contribution in [2.45, 2.75) is 270 Å². The van der Waals surface area contributed by atoms with Gasteiger partial charge in [-0.15, -0.1) is 0 Å². The van der Waals surface area contributed by atoms with E-state index in [4.69, 9.17) is 0 Å². The van der Waals surface area contributed by atoms with Gasteiger partial charge in [0.15, 0.2) is 0 Å². The number of unbranched alkanes of at least 4 members (excludes halogenated alkanes) is 33.